The number of likely N-dealkylation sites (tertiary alicyclic amines) is 2. The molecule has 34 heavy (non-hydrogen) atoms. The number of rotatable bonds is 10. The molecule has 1 N–H and O–H groups in total. The van der Waals surface area contributed by atoms with Gasteiger partial charge in [0.25, 0.3) is 0 Å². The summed E-state index contributed by atoms with van der Waals surface area (Å²) in [4.78, 5) is 16.4. The van der Waals surface area contributed by atoms with E-state index in [1.807, 2.05) is 47.4 Å². The van der Waals surface area contributed by atoms with E-state index in [9.17, 15) is 9.90 Å². The fourth-order valence-corrected chi connectivity index (χ4v) is 4.91. The van der Waals surface area contributed by atoms with Crippen molar-refractivity contribution in [2.24, 2.45) is 0 Å². The van der Waals surface area contributed by atoms with Crippen LogP contribution in [0.3, 0.4) is 0 Å². The Morgan fingerprint density at radius 3 is 2.65 bits per heavy atom. The molecule has 0 aliphatic carbocycles. The zero-order valence-electron chi connectivity index (χ0n) is 20.2. The molecule has 0 radical (unpaired) electrons. The molecule has 0 bridgehead atoms. The standard InChI is InChI=1S/C28H38N2O4/c31-27-14-5-2-6-17-30(27)18-9-19-33-26-13-7-10-24(20-26)21-29-16-8-15-28(32,22-29)23-34-25-11-3-1-4-12-25/h1,3-4,7,10-13,20,32H,2,5-6,8-9,14-19,21-23H2/t28-/m0/s1. The number of ether oxygens (including phenoxy) is 2. The van der Waals surface area contributed by atoms with E-state index < -0.39 is 5.60 Å². The third-order valence-corrected chi connectivity index (χ3v) is 6.70. The minimum Gasteiger partial charge on any atom is -0.494 e. The lowest BCUT2D eigenvalue weighted by Crippen LogP contribution is -2.51. The highest BCUT2D eigenvalue weighted by Gasteiger charge is 2.34. The van der Waals surface area contributed by atoms with Crippen LogP contribution in [0.25, 0.3) is 0 Å². The van der Waals surface area contributed by atoms with Crippen LogP contribution in [0, 0.1) is 0 Å². The highest BCUT2D eigenvalue weighted by molar-refractivity contribution is 5.76. The first-order chi connectivity index (χ1) is 16.6. The van der Waals surface area contributed by atoms with Gasteiger partial charge in [-0.3, -0.25) is 9.69 Å². The SMILES string of the molecule is O=C1CCCCCN1CCCOc1cccc(CN2CCC[C@@](O)(COc3ccccc3)C2)c1. The van der Waals surface area contributed by atoms with E-state index in [0.29, 0.717) is 26.2 Å². The summed E-state index contributed by atoms with van der Waals surface area (Å²) in [5, 5.41) is 11.1. The maximum Gasteiger partial charge on any atom is 0.222 e. The first-order valence-corrected chi connectivity index (χ1v) is 12.7. The van der Waals surface area contributed by atoms with E-state index in [0.717, 1.165) is 76.2 Å². The number of piperidine rings is 1. The van der Waals surface area contributed by atoms with E-state index in [1.165, 1.54) is 5.56 Å². The number of carbonyl (C=O) groups excluding carboxylic acids is 1. The lowest BCUT2D eigenvalue weighted by Gasteiger charge is -2.39. The second-order valence-corrected chi connectivity index (χ2v) is 9.68. The van der Waals surface area contributed by atoms with Gasteiger partial charge >= 0.3 is 0 Å². The van der Waals surface area contributed by atoms with E-state index in [2.05, 4.69) is 17.0 Å². The Morgan fingerprint density at radius 2 is 1.76 bits per heavy atom. The maximum absolute atomic E-state index is 12.1. The minimum atomic E-state index is -0.840. The molecule has 1 atom stereocenters. The van der Waals surface area contributed by atoms with Crippen LogP contribution in [0.4, 0.5) is 0 Å². The van der Waals surface area contributed by atoms with Gasteiger partial charge in [-0.05, 0) is 68.5 Å². The molecule has 4 rings (SSSR count). The molecule has 6 nitrogen and oxygen atoms in total. The van der Waals surface area contributed by atoms with Crippen LogP contribution in [0.5, 0.6) is 11.5 Å². The Hall–Kier alpha value is -2.57. The Bertz CT molecular complexity index is 906. The van der Waals surface area contributed by atoms with Gasteiger partial charge in [0.15, 0.2) is 0 Å². The number of carbonyl (C=O) groups is 1. The van der Waals surface area contributed by atoms with Gasteiger partial charge in [-0.1, -0.05) is 36.8 Å². The van der Waals surface area contributed by atoms with Crippen molar-refractivity contribution in [1.29, 1.82) is 0 Å². The largest absolute Gasteiger partial charge is 0.494 e. The maximum atomic E-state index is 12.1. The molecule has 2 aliphatic rings. The Morgan fingerprint density at radius 1 is 0.912 bits per heavy atom. The molecule has 0 aromatic heterocycles. The van der Waals surface area contributed by atoms with Crippen LogP contribution in [0.15, 0.2) is 54.6 Å². The first kappa shape index (κ1) is 24.6. The number of nitrogens with zero attached hydrogens (tertiary/aromatic N) is 2. The zero-order chi connectivity index (χ0) is 23.6. The monoisotopic (exact) mass is 466 g/mol. The topological polar surface area (TPSA) is 62.2 Å². The number of para-hydroxylation sites is 1. The fourth-order valence-electron chi connectivity index (χ4n) is 4.91. The van der Waals surface area contributed by atoms with Crippen LogP contribution in [0.1, 0.15) is 50.5 Å². The molecule has 2 heterocycles. The Kier molecular flexibility index (Phi) is 8.83. The second-order valence-electron chi connectivity index (χ2n) is 9.68. The van der Waals surface area contributed by atoms with Gasteiger partial charge in [-0.25, -0.2) is 0 Å². The summed E-state index contributed by atoms with van der Waals surface area (Å²) in [7, 11) is 0. The molecule has 184 valence electrons. The van der Waals surface area contributed by atoms with Crippen molar-refractivity contribution in [3.05, 3.63) is 60.2 Å². The van der Waals surface area contributed by atoms with Crippen molar-refractivity contribution >= 4 is 5.91 Å². The number of hydrogen-bond acceptors (Lipinski definition) is 5. The van der Waals surface area contributed by atoms with Gasteiger partial charge < -0.3 is 19.5 Å². The molecule has 0 spiro atoms. The number of amides is 1. The van der Waals surface area contributed by atoms with Gasteiger partial charge in [0.2, 0.25) is 5.91 Å². The predicted octanol–water partition coefficient (Wildman–Crippen LogP) is 4.26. The molecular weight excluding hydrogens is 428 g/mol. The van der Waals surface area contributed by atoms with Gasteiger partial charge in [-0.15, -0.1) is 0 Å². The lowest BCUT2D eigenvalue weighted by atomic mass is 9.93. The predicted molar refractivity (Wildman–Crippen MR) is 133 cm³/mol. The van der Waals surface area contributed by atoms with Crippen molar-refractivity contribution < 1.29 is 19.4 Å². The second kappa shape index (κ2) is 12.2. The fraction of sp³-hybridized carbons (Fsp3) is 0.536. The summed E-state index contributed by atoms with van der Waals surface area (Å²) >= 11 is 0. The summed E-state index contributed by atoms with van der Waals surface area (Å²) in [6.45, 7) is 4.89. The van der Waals surface area contributed by atoms with Crippen molar-refractivity contribution in [1.82, 2.24) is 9.80 Å². The third-order valence-electron chi connectivity index (χ3n) is 6.70. The molecule has 1 amide bonds. The van der Waals surface area contributed by atoms with Crippen LogP contribution >= 0.6 is 0 Å². The van der Waals surface area contributed by atoms with Gasteiger partial charge in [0.1, 0.15) is 23.7 Å². The van der Waals surface area contributed by atoms with Crippen LogP contribution < -0.4 is 9.47 Å². The third kappa shape index (κ3) is 7.47. The van der Waals surface area contributed by atoms with Crippen molar-refractivity contribution in [2.75, 3.05) is 39.4 Å². The number of benzene rings is 2. The minimum absolute atomic E-state index is 0.287. The molecule has 2 fully saturated rings. The van der Waals surface area contributed by atoms with Crippen LogP contribution in [-0.2, 0) is 11.3 Å². The molecule has 0 unspecified atom stereocenters. The Balaban J connectivity index is 1.22. The molecule has 2 aliphatic heterocycles. The smallest absolute Gasteiger partial charge is 0.222 e. The summed E-state index contributed by atoms with van der Waals surface area (Å²) < 4.78 is 11.9. The van der Waals surface area contributed by atoms with Crippen molar-refractivity contribution in [3.8, 4) is 11.5 Å². The number of aliphatic hydroxyl groups is 1. The molecular formula is C28H38N2O4. The van der Waals surface area contributed by atoms with E-state index in [1.54, 1.807) is 0 Å². The van der Waals surface area contributed by atoms with Crippen molar-refractivity contribution in [3.63, 3.8) is 0 Å². The van der Waals surface area contributed by atoms with E-state index in [-0.39, 0.29) is 5.91 Å². The summed E-state index contributed by atoms with van der Waals surface area (Å²) in [6, 6.07) is 17.9. The summed E-state index contributed by atoms with van der Waals surface area (Å²) in [5.41, 5.74) is 0.334. The van der Waals surface area contributed by atoms with E-state index >= 15 is 0 Å². The Labute approximate surface area is 203 Å². The highest BCUT2D eigenvalue weighted by Crippen LogP contribution is 2.25. The first-order valence-electron chi connectivity index (χ1n) is 12.7. The highest BCUT2D eigenvalue weighted by atomic mass is 16.5. The average Bonchev–Trinajstić information content (AvgIpc) is 3.05. The zero-order valence-corrected chi connectivity index (χ0v) is 20.2. The lowest BCUT2D eigenvalue weighted by molar-refractivity contribution is -0.130. The summed E-state index contributed by atoms with van der Waals surface area (Å²) in [5.74, 6) is 1.94. The number of β-amino-alcohol motifs (C(OH)–C–C–N with tert-alkyl or cyclic N) is 1. The van der Waals surface area contributed by atoms with Gasteiger partial charge in [-0.2, -0.15) is 0 Å². The van der Waals surface area contributed by atoms with Gasteiger partial charge in [0.05, 0.1) is 6.61 Å². The molecule has 0 saturated carbocycles. The molecule has 6 heteroatoms. The van der Waals surface area contributed by atoms with Crippen LogP contribution in [0.2, 0.25) is 0 Å². The van der Waals surface area contributed by atoms with Crippen LogP contribution in [-0.4, -0.2) is 65.8 Å². The quantitative estimate of drug-likeness (QED) is 0.530. The van der Waals surface area contributed by atoms with E-state index in [4.69, 9.17) is 9.47 Å². The molecule has 2 aromatic carbocycles. The number of hydrogen-bond donors (Lipinski definition) is 1. The molecule has 2 aromatic rings. The average molecular weight is 467 g/mol. The molecule has 2 saturated heterocycles. The van der Waals surface area contributed by atoms with Gasteiger partial charge in [0, 0.05) is 32.6 Å². The van der Waals surface area contributed by atoms with Crippen molar-refractivity contribution in [2.45, 2.75) is 57.1 Å². The summed E-state index contributed by atoms with van der Waals surface area (Å²) in [6.07, 6.45) is 6.51. The normalized spacial score (nSPS) is 21.8.